The van der Waals surface area contributed by atoms with Gasteiger partial charge in [-0.2, -0.15) is 0 Å². The molecule has 0 saturated carbocycles. The molecule has 150 valence electrons. The molecular formula is C25H22N2O3. The van der Waals surface area contributed by atoms with Crippen LogP contribution in [0.4, 0.5) is 0 Å². The van der Waals surface area contributed by atoms with Gasteiger partial charge in [0.25, 0.3) is 0 Å². The monoisotopic (exact) mass is 398 g/mol. The molecule has 0 spiro atoms. The maximum atomic E-state index is 10.9. The Morgan fingerprint density at radius 1 is 0.967 bits per heavy atom. The molecule has 3 heterocycles. The zero-order valence-corrected chi connectivity index (χ0v) is 16.5. The van der Waals surface area contributed by atoms with Crippen molar-refractivity contribution in [2.24, 2.45) is 0 Å². The van der Waals surface area contributed by atoms with Crippen molar-refractivity contribution in [3.8, 4) is 11.5 Å². The number of fused-ring (bicyclic) bond motifs is 2. The summed E-state index contributed by atoms with van der Waals surface area (Å²) in [7, 11) is 0. The quantitative estimate of drug-likeness (QED) is 0.538. The first-order valence-corrected chi connectivity index (χ1v) is 10.1. The van der Waals surface area contributed by atoms with E-state index in [1.807, 2.05) is 66.7 Å². The first-order valence-electron chi connectivity index (χ1n) is 10.1. The Morgan fingerprint density at radius 2 is 1.87 bits per heavy atom. The summed E-state index contributed by atoms with van der Waals surface area (Å²) in [6.07, 6.45) is 3.30. The molecule has 1 unspecified atom stereocenters. The fourth-order valence-electron chi connectivity index (χ4n) is 3.78. The van der Waals surface area contributed by atoms with E-state index in [2.05, 4.69) is 16.0 Å². The van der Waals surface area contributed by atoms with Crippen LogP contribution in [0.3, 0.4) is 0 Å². The van der Waals surface area contributed by atoms with E-state index in [-0.39, 0.29) is 0 Å². The molecular weight excluding hydrogens is 376 g/mol. The maximum Gasteiger partial charge on any atom is 0.214 e. The molecule has 0 amide bonds. The third-order valence-corrected chi connectivity index (χ3v) is 5.34. The number of aliphatic hydroxyl groups is 1. The van der Waals surface area contributed by atoms with Gasteiger partial charge in [0, 0.05) is 23.7 Å². The fraction of sp³-hybridized carbons (Fsp3) is 0.200. The van der Waals surface area contributed by atoms with Gasteiger partial charge in [0.2, 0.25) is 5.79 Å². The molecule has 0 radical (unpaired) electrons. The molecule has 30 heavy (non-hydrogen) atoms. The van der Waals surface area contributed by atoms with Crippen LogP contribution in [0.25, 0.3) is 10.9 Å². The topological polar surface area (TPSA) is 64.5 Å². The molecule has 1 N–H and O–H groups in total. The summed E-state index contributed by atoms with van der Waals surface area (Å²) in [5.41, 5.74) is 3.69. The molecule has 5 heteroatoms. The highest BCUT2D eigenvalue weighted by atomic mass is 16.6. The Labute approximate surface area is 175 Å². The smallest absolute Gasteiger partial charge is 0.214 e. The van der Waals surface area contributed by atoms with E-state index in [0.29, 0.717) is 31.6 Å². The van der Waals surface area contributed by atoms with Crippen LogP contribution in [0.5, 0.6) is 11.5 Å². The summed E-state index contributed by atoms with van der Waals surface area (Å²) < 4.78 is 11.9. The lowest BCUT2D eigenvalue weighted by Gasteiger charge is -2.34. The minimum Gasteiger partial charge on any atom is -0.487 e. The van der Waals surface area contributed by atoms with Crippen molar-refractivity contribution in [3.63, 3.8) is 0 Å². The van der Waals surface area contributed by atoms with Gasteiger partial charge in [-0.1, -0.05) is 30.3 Å². The molecule has 4 aromatic rings. The third kappa shape index (κ3) is 3.98. The maximum absolute atomic E-state index is 10.9. The number of rotatable bonds is 5. The Morgan fingerprint density at radius 3 is 2.77 bits per heavy atom. The lowest BCUT2D eigenvalue weighted by atomic mass is 9.96. The predicted octanol–water partition coefficient (Wildman–Crippen LogP) is 4.47. The Bertz CT molecular complexity index is 1180. The van der Waals surface area contributed by atoms with Crippen LogP contribution in [0.2, 0.25) is 0 Å². The number of benzene rings is 2. The van der Waals surface area contributed by atoms with Crippen LogP contribution in [0.1, 0.15) is 23.4 Å². The first kappa shape index (κ1) is 18.6. The van der Waals surface area contributed by atoms with E-state index in [0.717, 1.165) is 33.6 Å². The SMILES string of the molecule is OC1(Cc2ccccn2)CCc2cc(OCc3ccc4ccccc4n3)ccc2O1. The highest BCUT2D eigenvalue weighted by Gasteiger charge is 2.34. The first-order chi connectivity index (χ1) is 14.7. The number of pyridine rings is 2. The van der Waals surface area contributed by atoms with Gasteiger partial charge in [-0.05, 0) is 54.4 Å². The van der Waals surface area contributed by atoms with E-state index < -0.39 is 5.79 Å². The van der Waals surface area contributed by atoms with Gasteiger partial charge in [-0.15, -0.1) is 0 Å². The summed E-state index contributed by atoms with van der Waals surface area (Å²) in [6, 6.07) is 23.5. The van der Waals surface area contributed by atoms with Crippen LogP contribution in [0.15, 0.2) is 79.0 Å². The highest BCUT2D eigenvalue weighted by Crippen LogP contribution is 2.36. The molecule has 1 atom stereocenters. The van der Waals surface area contributed by atoms with Crippen molar-refractivity contribution >= 4 is 10.9 Å². The van der Waals surface area contributed by atoms with Crippen molar-refractivity contribution in [1.82, 2.24) is 9.97 Å². The van der Waals surface area contributed by atoms with Crippen molar-refractivity contribution in [3.05, 3.63) is 95.9 Å². The Kier molecular flexibility index (Phi) is 4.81. The van der Waals surface area contributed by atoms with Crippen molar-refractivity contribution in [2.45, 2.75) is 31.7 Å². The molecule has 1 aliphatic heterocycles. The molecule has 0 saturated heterocycles. The van der Waals surface area contributed by atoms with Gasteiger partial charge in [0.05, 0.1) is 17.6 Å². The molecule has 0 aliphatic carbocycles. The van der Waals surface area contributed by atoms with E-state index in [4.69, 9.17) is 9.47 Å². The van der Waals surface area contributed by atoms with Gasteiger partial charge in [0.1, 0.15) is 18.1 Å². The molecule has 0 fully saturated rings. The van der Waals surface area contributed by atoms with Gasteiger partial charge >= 0.3 is 0 Å². The van der Waals surface area contributed by atoms with E-state index in [1.165, 1.54) is 0 Å². The summed E-state index contributed by atoms with van der Waals surface area (Å²) in [5.74, 6) is 0.219. The van der Waals surface area contributed by atoms with Crippen LogP contribution >= 0.6 is 0 Å². The number of para-hydroxylation sites is 1. The molecule has 5 nitrogen and oxygen atoms in total. The number of hydrogen-bond donors (Lipinski definition) is 1. The van der Waals surface area contributed by atoms with Crippen molar-refractivity contribution < 1.29 is 14.6 Å². The normalized spacial score (nSPS) is 17.9. The average Bonchev–Trinajstić information content (AvgIpc) is 2.78. The number of nitrogens with zero attached hydrogens (tertiary/aromatic N) is 2. The van der Waals surface area contributed by atoms with Crippen LogP contribution in [0, 0.1) is 0 Å². The van der Waals surface area contributed by atoms with Crippen molar-refractivity contribution in [2.75, 3.05) is 0 Å². The molecule has 1 aliphatic rings. The van der Waals surface area contributed by atoms with Crippen LogP contribution in [-0.4, -0.2) is 20.9 Å². The summed E-state index contributed by atoms with van der Waals surface area (Å²) in [4.78, 5) is 8.94. The van der Waals surface area contributed by atoms with Crippen LogP contribution < -0.4 is 9.47 Å². The zero-order valence-electron chi connectivity index (χ0n) is 16.5. The second kappa shape index (κ2) is 7.76. The number of aromatic nitrogens is 2. The van der Waals surface area contributed by atoms with Gasteiger partial charge in [0.15, 0.2) is 0 Å². The van der Waals surface area contributed by atoms with Gasteiger partial charge in [-0.3, -0.25) is 4.98 Å². The third-order valence-electron chi connectivity index (χ3n) is 5.34. The highest BCUT2D eigenvalue weighted by molar-refractivity contribution is 5.78. The second-order valence-corrected chi connectivity index (χ2v) is 7.60. The number of hydrogen-bond acceptors (Lipinski definition) is 5. The predicted molar refractivity (Wildman–Crippen MR) is 114 cm³/mol. The van der Waals surface area contributed by atoms with Gasteiger partial charge in [-0.25, -0.2) is 4.98 Å². The second-order valence-electron chi connectivity index (χ2n) is 7.60. The lowest BCUT2D eigenvalue weighted by molar-refractivity contribution is -0.149. The minimum atomic E-state index is -1.24. The molecule has 2 aromatic carbocycles. The standard InChI is InChI=1S/C25H22N2O3/c28-25(16-20-6-3-4-14-26-20)13-12-19-15-22(10-11-24(19)30-25)29-17-21-9-8-18-5-1-2-7-23(18)27-21/h1-11,14-15,28H,12-13,16-17H2. The Hall–Kier alpha value is -3.44. The summed E-state index contributed by atoms with van der Waals surface area (Å²) in [6.45, 7) is 0.397. The average molecular weight is 398 g/mol. The number of aryl methyl sites for hydroxylation is 1. The molecule has 5 rings (SSSR count). The summed E-state index contributed by atoms with van der Waals surface area (Å²) in [5, 5.41) is 12.0. The largest absolute Gasteiger partial charge is 0.487 e. The zero-order chi connectivity index (χ0) is 20.4. The molecule has 0 bridgehead atoms. The lowest BCUT2D eigenvalue weighted by Crippen LogP contribution is -2.41. The minimum absolute atomic E-state index is 0.360. The van der Waals surface area contributed by atoms with E-state index in [9.17, 15) is 5.11 Å². The molecule has 2 aromatic heterocycles. The van der Waals surface area contributed by atoms with Crippen molar-refractivity contribution in [1.29, 1.82) is 0 Å². The van der Waals surface area contributed by atoms with Gasteiger partial charge < -0.3 is 14.6 Å². The number of ether oxygens (including phenoxy) is 2. The van der Waals surface area contributed by atoms with Crippen LogP contribution in [-0.2, 0) is 19.4 Å². The Balaban J connectivity index is 1.27. The summed E-state index contributed by atoms with van der Waals surface area (Å²) >= 11 is 0. The van der Waals surface area contributed by atoms with E-state index in [1.54, 1.807) is 6.20 Å². The van der Waals surface area contributed by atoms with E-state index >= 15 is 0 Å². The fourth-order valence-corrected chi connectivity index (χ4v) is 3.78.